The number of carbonyl (C=O) groups is 1. The first-order valence-corrected chi connectivity index (χ1v) is 4.99. The van der Waals surface area contributed by atoms with Crippen LogP contribution in [0, 0.1) is 0 Å². The highest BCUT2D eigenvalue weighted by Gasteiger charge is 2.29. The average Bonchev–Trinajstić information content (AvgIpc) is 2.27. The monoisotopic (exact) mass is 247 g/mol. The van der Waals surface area contributed by atoms with E-state index in [9.17, 15) is 18.0 Å². The van der Waals surface area contributed by atoms with Gasteiger partial charge in [-0.1, -0.05) is 30.3 Å². The number of rotatable bonds is 4. The summed E-state index contributed by atoms with van der Waals surface area (Å²) >= 11 is 0. The second kappa shape index (κ2) is 6.12. The van der Waals surface area contributed by atoms with E-state index >= 15 is 0 Å². The van der Waals surface area contributed by atoms with E-state index in [1.54, 1.807) is 0 Å². The summed E-state index contributed by atoms with van der Waals surface area (Å²) in [6, 6.07) is 9.27. The molecule has 1 amide bonds. The normalized spacial score (nSPS) is 11.0. The molecule has 3 nitrogen and oxygen atoms in total. The van der Waals surface area contributed by atoms with Crippen LogP contribution in [-0.2, 0) is 11.2 Å². The number of alkyl halides is 3. The van der Waals surface area contributed by atoms with Gasteiger partial charge in [0, 0.05) is 6.54 Å². The van der Waals surface area contributed by atoms with Gasteiger partial charge in [0.05, 0.1) is 0 Å². The molecule has 1 rings (SSSR count). The molecule has 0 aliphatic rings. The van der Waals surface area contributed by atoms with E-state index in [4.69, 9.17) is 0 Å². The van der Waals surface area contributed by atoms with Crippen molar-refractivity contribution in [3.63, 3.8) is 0 Å². The number of benzene rings is 1. The zero-order valence-corrected chi connectivity index (χ0v) is 8.96. The van der Waals surface area contributed by atoms with Gasteiger partial charge < -0.3 is 10.1 Å². The molecule has 0 heterocycles. The van der Waals surface area contributed by atoms with E-state index in [-0.39, 0.29) is 6.54 Å². The lowest BCUT2D eigenvalue weighted by Crippen LogP contribution is -2.30. The fraction of sp³-hybridized carbons (Fsp3) is 0.364. The number of hydrogen-bond donors (Lipinski definition) is 1. The lowest BCUT2D eigenvalue weighted by atomic mass is 10.1. The van der Waals surface area contributed by atoms with Gasteiger partial charge in [-0.05, 0) is 12.0 Å². The summed E-state index contributed by atoms with van der Waals surface area (Å²) in [4.78, 5) is 10.8. The van der Waals surface area contributed by atoms with Crippen molar-refractivity contribution in [2.24, 2.45) is 0 Å². The molecule has 0 unspecified atom stereocenters. The molecule has 0 spiro atoms. The van der Waals surface area contributed by atoms with Crippen molar-refractivity contribution in [2.75, 3.05) is 13.2 Å². The van der Waals surface area contributed by atoms with Crippen LogP contribution in [0.4, 0.5) is 18.0 Å². The third-order valence-corrected chi connectivity index (χ3v) is 1.89. The van der Waals surface area contributed by atoms with Crippen LogP contribution in [-0.4, -0.2) is 25.4 Å². The number of ether oxygens (including phenoxy) is 1. The second-order valence-corrected chi connectivity index (χ2v) is 3.35. The van der Waals surface area contributed by atoms with Crippen molar-refractivity contribution in [1.29, 1.82) is 0 Å². The van der Waals surface area contributed by atoms with E-state index in [1.165, 1.54) is 0 Å². The van der Waals surface area contributed by atoms with Gasteiger partial charge in [0.1, 0.15) is 0 Å². The highest BCUT2D eigenvalue weighted by molar-refractivity contribution is 5.67. The van der Waals surface area contributed by atoms with Gasteiger partial charge in [0.15, 0.2) is 6.61 Å². The highest BCUT2D eigenvalue weighted by atomic mass is 19.4. The maximum absolute atomic E-state index is 11.7. The summed E-state index contributed by atoms with van der Waals surface area (Å²) in [5.74, 6) is 0. The van der Waals surface area contributed by atoms with Gasteiger partial charge in [0.2, 0.25) is 0 Å². The molecule has 0 saturated heterocycles. The van der Waals surface area contributed by atoms with Crippen LogP contribution in [0.1, 0.15) is 5.56 Å². The first-order chi connectivity index (χ1) is 7.97. The molecule has 17 heavy (non-hydrogen) atoms. The predicted molar refractivity (Wildman–Crippen MR) is 55.6 cm³/mol. The molecule has 1 N–H and O–H groups in total. The van der Waals surface area contributed by atoms with E-state index < -0.39 is 18.9 Å². The molecular weight excluding hydrogens is 235 g/mol. The molecule has 0 radical (unpaired) electrons. The maximum atomic E-state index is 11.7. The maximum Gasteiger partial charge on any atom is 0.422 e. The first-order valence-electron chi connectivity index (χ1n) is 4.99. The quantitative estimate of drug-likeness (QED) is 0.887. The van der Waals surface area contributed by atoms with Crippen LogP contribution in [0.3, 0.4) is 0 Å². The first kappa shape index (κ1) is 13.3. The van der Waals surface area contributed by atoms with Crippen LogP contribution < -0.4 is 5.32 Å². The summed E-state index contributed by atoms with van der Waals surface area (Å²) in [5, 5.41) is 2.24. The van der Waals surface area contributed by atoms with Crippen LogP contribution in [0.15, 0.2) is 30.3 Å². The minimum atomic E-state index is -4.49. The number of hydrogen-bond acceptors (Lipinski definition) is 2. The number of halogens is 3. The summed E-state index contributed by atoms with van der Waals surface area (Å²) < 4.78 is 39.1. The van der Waals surface area contributed by atoms with Crippen molar-refractivity contribution in [2.45, 2.75) is 12.6 Å². The van der Waals surface area contributed by atoms with Crippen LogP contribution in [0.5, 0.6) is 0 Å². The van der Waals surface area contributed by atoms with E-state index in [1.807, 2.05) is 30.3 Å². The largest absolute Gasteiger partial charge is 0.440 e. The van der Waals surface area contributed by atoms with Gasteiger partial charge in [-0.3, -0.25) is 0 Å². The van der Waals surface area contributed by atoms with E-state index in [0.29, 0.717) is 6.42 Å². The lowest BCUT2D eigenvalue weighted by molar-refractivity contribution is -0.160. The van der Waals surface area contributed by atoms with Crippen LogP contribution in [0.2, 0.25) is 0 Å². The third-order valence-electron chi connectivity index (χ3n) is 1.89. The van der Waals surface area contributed by atoms with Crippen molar-refractivity contribution < 1.29 is 22.7 Å². The summed E-state index contributed by atoms with van der Waals surface area (Å²) in [6.45, 7) is -1.33. The Kier molecular flexibility index (Phi) is 4.81. The zero-order valence-electron chi connectivity index (χ0n) is 8.96. The number of carbonyl (C=O) groups excluding carboxylic acids is 1. The summed E-state index contributed by atoms with van der Waals surface area (Å²) in [7, 11) is 0. The molecule has 0 aliphatic carbocycles. The Balaban J connectivity index is 2.17. The zero-order chi connectivity index (χ0) is 12.7. The average molecular weight is 247 g/mol. The Morgan fingerprint density at radius 1 is 1.24 bits per heavy atom. The van der Waals surface area contributed by atoms with Gasteiger partial charge in [0.25, 0.3) is 0 Å². The minimum Gasteiger partial charge on any atom is -0.440 e. The molecule has 0 atom stereocenters. The fourth-order valence-electron chi connectivity index (χ4n) is 1.15. The molecule has 1 aromatic rings. The molecule has 0 aromatic heterocycles. The summed E-state index contributed by atoms with van der Waals surface area (Å²) in [6.07, 6.45) is -5.00. The van der Waals surface area contributed by atoms with Crippen molar-refractivity contribution in [3.8, 4) is 0 Å². The Morgan fingerprint density at radius 3 is 2.47 bits per heavy atom. The standard InChI is InChI=1S/C11H12F3NO2/c12-11(13,14)8-17-10(16)15-7-6-9-4-2-1-3-5-9/h1-5H,6-8H2,(H,15,16). The topological polar surface area (TPSA) is 38.3 Å². The van der Waals surface area contributed by atoms with Gasteiger partial charge in [-0.2, -0.15) is 13.2 Å². The highest BCUT2D eigenvalue weighted by Crippen LogP contribution is 2.14. The van der Waals surface area contributed by atoms with Crippen molar-refractivity contribution >= 4 is 6.09 Å². The number of alkyl carbamates (subject to hydrolysis) is 1. The molecule has 0 bridgehead atoms. The van der Waals surface area contributed by atoms with Gasteiger partial charge in [-0.15, -0.1) is 0 Å². The Labute approximate surface area is 96.6 Å². The van der Waals surface area contributed by atoms with Crippen molar-refractivity contribution in [3.05, 3.63) is 35.9 Å². The molecular formula is C11H12F3NO2. The Bertz CT molecular complexity index is 351. The van der Waals surface area contributed by atoms with E-state index in [2.05, 4.69) is 10.1 Å². The summed E-state index contributed by atoms with van der Waals surface area (Å²) in [5.41, 5.74) is 0.989. The lowest BCUT2D eigenvalue weighted by Gasteiger charge is -2.08. The van der Waals surface area contributed by atoms with Crippen molar-refractivity contribution in [1.82, 2.24) is 5.32 Å². The Morgan fingerprint density at radius 2 is 1.88 bits per heavy atom. The molecule has 1 aromatic carbocycles. The SMILES string of the molecule is O=C(NCCc1ccccc1)OCC(F)(F)F. The Hall–Kier alpha value is -1.72. The smallest absolute Gasteiger partial charge is 0.422 e. The second-order valence-electron chi connectivity index (χ2n) is 3.35. The molecule has 94 valence electrons. The van der Waals surface area contributed by atoms with Gasteiger partial charge in [-0.25, -0.2) is 4.79 Å². The number of nitrogens with one attached hydrogen (secondary N) is 1. The predicted octanol–water partition coefficient (Wildman–Crippen LogP) is 2.52. The van der Waals surface area contributed by atoms with Crippen LogP contribution >= 0.6 is 0 Å². The third kappa shape index (κ3) is 6.44. The van der Waals surface area contributed by atoms with Crippen LogP contribution in [0.25, 0.3) is 0 Å². The molecule has 0 aliphatic heterocycles. The molecule has 6 heteroatoms. The molecule has 0 saturated carbocycles. The van der Waals surface area contributed by atoms with Gasteiger partial charge >= 0.3 is 12.3 Å². The fourth-order valence-corrected chi connectivity index (χ4v) is 1.15. The number of amides is 1. The minimum absolute atomic E-state index is 0.237. The molecule has 0 fully saturated rings. The van der Waals surface area contributed by atoms with E-state index in [0.717, 1.165) is 5.56 Å².